The van der Waals surface area contributed by atoms with Gasteiger partial charge in [0.05, 0.1) is 16.7 Å². The van der Waals surface area contributed by atoms with Crippen molar-refractivity contribution in [2.45, 2.75) is 10.6 Å². The Labute approximate surface area is 99.9 Å². The number of thiol groups is 1. The van der Waals surface area contributed by atoms with Gasteiger partial charge in [-0.1, -0.05) is 22.0 Å². The van der Waals surface area contributed by atoms with Gasteiger partial charge in [-0.3, -0.25) is 0 Å². The van der Waals surface area contributed by atoms with Crippen LogP contribution in [0.1, 0.15) is 5.56 Å². The zero-order chi connectivity index (χ0) is 10.1. The van der Waals surface area contributed by atoms with Gasteiger partial charge in [0.2, 0.25) is 0 Å². The molecule has 0 fully saturated rings. The van der Waals surface area contributed by atoms with Gasteiger partial charge >= 0.3 is 0 Å². The molecule has 0 aliphatic heterocycles. The molecule has 70 valence electrons. The molecule has 2 aromatic rings. The summed E-state index contributed by atoms with van der Waals surface area (Å²) < 4.78 is 3.14. The zero-order valence-electron chi connectivity index (χ0n) is 7.12. The number of benzene rings is 1. The normalized spacial score (nSPS) is 10.4. The summed E-state index contributed by atoms with van der Waals surface area (Å²) in [6.45, 7) is 0. The van der Waals surface area contributed by atoms with E-state index in [1.165, 1.54) is 0 Å². The Bertz CT molecular complexity index is 525. The molecule has 0 aliphatic rings. The van der Waals surface area contributed by atoms with Gasteiger partial charge < -0.3 is 0 Å². The van der Waals surface area contributed by atoms with Crippen molar-refractivity contribution in [1.82, 2.24) is 0 Å². The highest BCUT2D eigenvalue weighted by Gasteiger charge is 2.08. The van der Waals surface area contributed by atoms with Crippen LogP contribution in [0.15, 0.2) is 26.9 Å². The largest absolute Gasteiger partial charge is 0.198 e. The van der Waals surface area contributed by atoms with Crippen molar-refractivity contribution in [3.05, 3.63) is 28.2 Å². The van der Waals surface area contributed by atoms with Crippen LogP contribution in [0.25, 0.3) is 10.1 Å². The average Bonchev–Trinajstić information content (AvgIpc) is 2.51. The van der Waals surface area contributed by atoms with Gasteiger partial charge in [-0.2, -0.15) is 5.26 Å². The first-order valence-corrected chi connectivity index (χ1v) is 6.05. The SMILES string of the molecule is N#CCc1c(Br)ccc2cc(S)sc12. The molecule has 1 aromatic carbocycles. The molecule has 0 saturated carbocycles. The van der Waals surface area contributed by atoms with Crippen LogP contribution < -0.4 is 0 Å². The molecule has 0 N–H and O–H groups in total. The predicted molar refractivity (Wildman–Crippen MR) is 66.1 cm³/mol. The van der Waals surface area contributed by atoms with Crippen molar-refractivity contribution in [2.24, 2.45) is 0 Å². The third kappa shape index (κ3) is 1.68. The number of thiophene rings is 1. The summed E-state index contributed by atoms with van der Waals surface area (Å²) in [6, 6.07) is 8.22. The maximum Gasteiger partial charge on any atom is 0.0670 e. The van der Waals surface area contributed by atoms with Gasteiger partial charge in [-0.05, 0) is 23.1 Å². The molecule has 14 heavy (non-hydrogen) atoms. The van der Waals surface area contributed by atoms with Gasteiger partial charge in [0.1, 0.15) is 0 Å². The molecule has 0 saturated heterocycles. The molecule has 0 atom stereocenters. The predicted octanol–water partition coefficient (Wildman–Crippen LogP) is 4.02. The Kier molecular flexibility index (Phi) is 2.82. The average molecular weight is 284 g/mol. The van der Waals surface area contributed by atoms with Gasteiger partial charge in [-0.25, -0.2) is 0 Å². The Morgan fingerprint density at radius 3 is 3.00 bits per heavy atom. The van der Waals surface area contributed by atoms with E-state index in [0.29, 0.717) is 6.42 Å². The van der Waals surface area contributed by atoms with Crippen molar-refractivity contribution < 1.29 is 0 Å². The number of nitrogens with zero attached hydrogens (tertiary/aromatic N) is 1. The van der Waals surface area contributed by atoms with Crippen LogP contribution in [0.5, 0.6) is 0 Å². The quantitative estimate of drug-likeness (QED) is 0.786. The lowest BCUT2D eigenvalue weighted by molar-refractivity contribution is 1.28. The number of hydrogen-bond acceptors (Lipinski definition) is 3. The Balaban J connectivity index is 2.76. The molecule has 2 rings (SSSR count). The molecule has 0 amide bonds. The van der Waals surface area contributed by atoms with Gasteiger partial charge in [0.25, 0.3) is 0 Å². The smallest absolute Gasteiger partial charge is 0.0670 e. The van der Waals surface area contributed by atoms with E-state index < -0.39 is 0 Å². The number of hydrogen-bond donors (Lipinski definition) is 1. The van der Waals surface area contributed by atoms with E-state index in [2.05, 4.69) is 34.6 Å². The fourth-order valence-corrected chi connectivity index (χ4v) is 3.33. The van der Waals surface area contributed by atoms with E-state index in [1.807, 2.05) is 18.2 Å². The van der Waals surface area contributed by atoms with Crippen LogP contribution in [-0.4, -0.2) is 0 Å². The summed E-state index contributed by atoms with van der Waals surface area (Å²) >= 11 is 9.39. The number of rotatable bonds is 1. The van der Waals surface area contributed by atoms with Crippen LogP contribution in [0.3, 0.4) is 0 Å². The van der Waals surface area contributed by atoms with Crippen LogP contribution >= 0.6 is 39.9 Å². The van der Waals surface area contributed by atoms with E-state index in [9.17, 15) is 0 Å². The minimum Gasteiger partial charge on any atom is -0.198 e. The van der Waals surface area contributed by atoms with Crippen molar-refractivity contribution in [2.75, 3.05) is 0 Å². The number of nitriles is 1. The number of fused-ring (bicyclic) bond motifs is 1. The highest BCUT2D eigenvalue weighted by Crippen LogP contribution is 2.34. The van der Waals surface area contributed by atoms with Crippen molar-refractivity contribution in [3.63, 3.8) is 0 Å². The molecule has 0 radical (unpaired) electrons. The Hall–Kier alpha value is -0.500. The third-order valence-electron chi connectivity index (χ3n) is 1.98. The second-order valence-electron chi connectivity index (χ2n) is 2.86. The summed E-state index contributed by atoms with van der Waals surface area (Å²) in [5, 5.41) is 9.89. The maximum atomic E-state index is 8.73. The summed E-state index contributed by atoms with van der Waals surface area (Å²) in [7, 11) is 0. The molecular weight excluding hydrogens is 278 g/mol. The van der Waals surface area contributed by atoms with E-state index in [1.54, 1.807) is 11.3 Å². The van der Waals surface area contributed by atoms with Crippen LogP contribution in [0, 0.1) is 11.3 Å². The topological polar surface area (TPSA) is 23.8 Å². The van der Waals surface area contributed by atoms with Crippen LogP contribution in [-0.2, 0) is 6.42 Å². The lowest BCUT2D eigenvalue weighted by Gasteiger charge is -2.00. The van der Waals surface area contributed by atoms with Gasteiger partial charge in [-0.15, -0.1) is 24.0 Å². The first kappa shape index (κ1) is 10.0. The Morgan fingerprint density at radius 1 is 1.50 bits per heavy atom. The molecular formula is C10H6BrNS2. The number of halogens is 1. The summed E-state index contributed by atoms with van der Waals surface area (Å²) in [5.41, 5.74) is 1.07. The molecule has 1 heterocycles. The fourth-order valence-electron chi connectivity index (χ4n) is 1.37. The van der Waals surface area contributed by atoms with Crippen molar-refractivity contribution in [3.8, 4) is 6.07 Å². The molecule has 1 nitrogen and oxygen atoms in total. The van der Waals surface area contributed by atoms with Gasteiger partial charge in [0.15, 0.2) is 0 Å². The van der Waals surface area contributed by atoms with Crippen LogP contribution in [0.4, 0.5) is 0 Å². The van der Waals surface area contributed by atoms with E-state index in [0.717, 1.165) is 24.3 Å². The first-order chi connectivity index (χ1) is 6.72. The van der Waals surface area contributed by atoms with Crippen LogP contribution in [0.2, 0.25) is 0 Å². The second-order valence-corrected chi connectivity index (χ2v) is 5.55. The lowest BCUT2D eigenvalue weighted by Crippen LogP contribution is -1.83. The van der Waals surface area contributed by atoms with Crippen molar-refractivity contribution >= 4 is 50.0 Å². The maximum absolute atomic E-state index is 8.73. The first-order valence-electron chi connectivity index (χ1n) is 3.99. The standard InChI is InChI=1S/C10H6BrNS2/c11-8-2-1-6-5-9(13)14-10(6)7(8)3-4-12/h1-2,5,13H,3H2. The van der Waals surface area contributed by atoms with E-state index >= 15 is 0 Å². The second kappa shape index (κ2) is 3.93. The molecule has 0 aliphatic carbocycles. The molecule has 0 unspecified atom stereocenters. The summed E-state index contributed by atoms with van der Waals surface area (Å²) in [4.78, 5) is 0. The molecule has 0 bridgehead atoms. The Morgan fingerprint density at radius 2 is 2.29 bits per heavy atom. The van der Waals surface area contributed by atoms with Gasteiger partial charge in [0, 0.05) is 9.17 Å². The molecule has 4 heteroatoms. The molecule has 1 aromatic heterocycles. The molecule has 0 spiro atoms. The lowest BCUT2D eigenvalue weighted by atomic mass is 10.1. The van der Waals surface area contributed by atoms with E-state index in [-0.39, 0.29) is 0 Å². The fraction of sp³-hybridized carbons (Fsp3) is 0.100. The minimum absolute atomic E-state index is 0.436. The zero-order valence-corrected chi connectivity index (χ0v) is 10.4. The highest BCUT2D eigenvalue weighted by atomic mass is 79.9. The van der Waals surface area contributed by atoms with Crippen molar-refractivity contribution in [1.29, 1.82) is 5.26 Å². The minimum atomic E-state index is 0.436. The third-order valence-corrected chi connectivity index (χ3v) is 4.13. The summed E-state index contributed by atoms with van der Waals surface area (Å²) in [6.07, 6.45) is 0.436. The van der Waals surface area contributed by atoms with E-state index in [4.69, 9.17) is 5.26 Å². The monoisotopic (exact) mass is 283 g/mol. The summed E-state index contributed by atoms with van der Waals surface area (Å²) in [5.74, 6) is 0. The highest BCUT2D eigenvalue weighted by molar-refractivity contribution is 9.10.